The first-order chi connectivity index (χ1) is 9.67. The van der Waals surface area contributed by atoms with Gasteiger partial charge in [-0.25, -0.2) is 0 Å². The van der Waals surface area contributed by atoms with Gasteiger partial charge < -0.3 is 14.4 Å². The molecule has 20 heavy (non-hydrogen) atoms. The highest BCUT2D eigenvalue weighted by Gasteiger charge is 2.30. The summed E-state index contributed by atoms with van der Waals surface area (Å²) >= 11 is 0. The van der Waals surface area contributed by atoms with Crippen molar-refractivity contribution in [3.8, 4) is 11.5 Å². The molecule has 1 aliphatic rings. The summed E-state index contributed by atoms with van der Waals surface area (Å²) in [5, 5.41) is 0. The highest BCUT2D eigenvalue weighted by molar-refractivity contribution is 5.75. The molecule has 0 saturated carbocycles. The zero-order valence-electron chi connectivity index (χ0n) is 11.4. The third kappa shape index (κ3) is 1.70. The van der Waals surface area contributed by atoms with E-state index in [4.69, 9.17) is 9.47 Å². The van der Waals surface area contributed by atoms with Crippen molar-refractivity contribution >= 4 is 11.4 Å². The lowest BCUT2D eigenvalue weighted by atomic mass is 9.99. The quantitative estimate of drug-likeness (QED) is 0.791. The van der Waals surface area contributed by atoms with Crippen molar-refractivity contribution in [3.05, 3.63) is 44.2 Å². The Kier molecular flexibility index (Phi) is 2.97. The molecular formula is C15H15NO4. The van der Waals surface area contributed by atoms with Gasteiger partial charge in [-0.15, -0.1) is 0 Å². The second-order valence-electron chi connectivity index (χ2n) is 4.79. The van der Waals surface area contributed by atoms with E-state index in [-0.39, 0.29) is 5.75 Å². The molecule has 2 aromatic rings. The van der Waals surface area contributed by atoms with E-state index < -0.39 is 10.9 Å². The standard InChI is InChI=1S/C15H15NO4/c1-19-10-5-6-11-9(8-10)4-3-7-16(11)12-13(17)14(18)15(12)20-2/h5-6,8H,3-4,7H2,1-2H3. The van der Waals surface area contributed by atoms with Gasteiger partial charge in [0.15, 0.2) is 5.75 Å². The number of fused-ring (bicyclic) bond motifs is 1. The molecule has 0 saturated heterocycles. The van der Waals surface area contributed by atoms with E-state index in [0.717, 1.165) is 29.8 Å². The SMILES string of the molecule is COc1ccc2c(c1)CCCN2c1c(OC)c(=O)c1=O. The van der Waals surface area contributed by atoms with Crippen LogP contribution in [0.2, 0.25) is 0 Å². The lowest BCUT2D eigenvalue weighted by Gasteiger charge is -2.32. The number of aryl methyl sites for hydroxylation is 1. The Morgan fingerprint density at radius 3 is 2.60 bits per heavy atom. The van der Waals surface area contributed by atoms with Gasteiger partial charge in [-0.3, -0.25) is 9.59 Å². The monoisotopic (exact) mass is 273 g/mol. The lowest BCUT2D eigenvalue weighted by molar-refractivity contribution is 0.405. The topological polar surface area (TPSA) is 55.8 Å². The average Bonchev–Trinajstić information content (AvgIpc) is 2.50. The molecule has 0 atom stereocenters. The summed E-state index contributed by atoms with van der Waals surface area (Å²) < 4.78 is 10.3. The zero-order chi connectivity index (χ0) is 14.3. The van der Waals surface area contributed by atoms with Crippen LogP contribution in [0.1, 0.15) is 12.0 Å². The largest absolute Gasteiger partial charge is 0.497 e. The number of benzene rings is 1. The molecule has 0 amide bonds. The van der Waals surface area contributed by atoms with Crippen LogP contribution in [0.4, 0.5) is 11.4 Å². The molecule has 0 spiro atoms. The zero-order valence-corrected chi connectivity index (χ0v) is 11.4. The van der Waals surface area contributed by atoms with Gasteiger partial charge in [0.05, 0.1) is 14.2 Å². The van der Waals surface area contributed by atoms with Crippen molar-refractivity contribution in [1.82, 2.24) is 0 Å². The molecule has 3 rings (SSSR count). The smallest absolute Gasteiger partial charge is 0.272 e. The van der Waals surface area contributed by atoms with Gasteiger partial charge in [-0.05, 0) is 36.6 Å². The Morgan fingerprint density at radius 1 is 1.10 bits per heavy atom. The van der Waals surface area contributed by atoms with Crippen molar-refractivity contribution in [3.63, 3.8) is 0 Å². The van der Waals surface area contributed by atoms with Crippen molar-refractivity contribution in [1.29, 1.82) is 0 Å². The number of methoxy groups -OCH3 is 2. The molecule has 1 heterocycles. The summed E-state index contributed by atoms with van der Waals surface area (Å²) in [5.41, 5.74) is 1.44. The van der Waals surface area contributed by atoms with Gasteiger partial charge in [-0.1, -0.05) is 0 Å². The second kappa shape index (κ2) is 4.67. The Balaban J connectivity index is 2.08. The number of ether oxygens (including phenoxy) is 2. The maximum absolute atomic E-state index is 11.8. The molecule has 1 aliphatic heterocycles. The Labute approximate surface area is 116 Å². The summed E-state index contributed by atoms with van der Waals surface area (Å²) in [7, 11) is 3.04. The molecule has 0 unspecified atom stereocenters. The van der Waals surface area contributed by atoms with Crippen LogP contribution in [-0.2, 0) is 6.42 Å². The van der Waals surface area contributed by atoms with E-state index in [1.165, 1.54) is 7.11 Å². The van der Waals surface area contributed by atoms with E-state index >= 15 is 0 Å². The molecule has 0 fully saturated rings. The second-order valence-corrected chi connectivity index (χ2v) is 4.79. The fourth-order valence-electron chi connectivity index (χ4n) is 2.73. The summed E-state index contributed by atoms with van der Waals surface area (Å²) in [4.78, 5) is 25.2. The van der Waals surface area contributed by atoms with Gasteiger partial charge in [0, 0.05) is 12.2 Å². The molecule has 0 aliphatic carbocycles. The van der Waals surface area contributed by atoms with Gasteiger partial charge in [0.1, 0.15) is 11.4 Å². The lowest BCUT2D eigenvalue weighted by Crippen LogP contribution is -2.41. The maximum Gasteiger partial charge on any atom is 0.272 e. The predicted molar refractivity (Wildman–Crippen MR) is 76.2 cm³/mol. The van der Waals surface area contributed by atoms with Crippen molar-refractivity contribution in [2.24, 2.45) is 0 Å². The normalized spacial score (nSPS) is 14.2. The van der Waals surface area contributed by atoms with E-state index in [0.29, 0.717) is 12.2 Å². The minimum atomic E-state index is -0.539. The van der Waals surface area contributed by atoms with Crippen LogP contribution in [0.15, 0.2) is 27.8 Å². The molecule has 5 heteroatoms. The van der Waals surface area contributed by atoms with E-state index in [9.17, 15) is 9.59 Å². The van der Waals surface area contributed by atoms with Crippen LogP contribution >= 0.6 is 0 Å². The van der Waals surface area contributed by atoms with Crippen molar-refractivity contribution in [2.45, 2.75) is 12.8 Å². The Hall–Kier alpha value is -2.30. The van der Waals surface area contributed by atoms with Gasteiger partial charge in [-0.2, -0.15) is 0 Å². The van der Waals surface area contributed by atoms with Crippen LogP contribution in [0, 0.1) is 0 Å². The molecule has 104 valence electrons. The van der Waals surface area contributed by atoms with Crippen molar-refractivity contribution < 1.29 is 9.47 Å². The van der Waals surface area contributed by atoms with E-state index in [2.05, 4.69) is 0 Å². The summed E-state index contributed by atoms with van der Waals surface area (Å²) in [6, 6.07) is 5.75. The summed E-state index contributed by atoms with van der Waals surface area (Å²) in [5.74, 6) is 0.959. The van der Waals surface area contributed by atoms with Crippen LogP contribution in [0.25, 0.3) is 0 Å². The number of hydrogen-bond acceptors (Lipinski definition) is 5. The fraction of sp³-hybridized carbons (Fsp3) is 0.333. The molecule has 0 N–H and O–H groups in total. The van der Waals surface area contributed by atoms with Crippen LogP contribution < -0.4 is 25.2 Å². The molecular weight excluding hydrogens is 258 g/mol. The van der Waals surface area contributed by atoms with Gasteiger partial charge in [0.25, 0.3) is 10.9 Å². The summed E-state index contributed by atoms with van der Waals surface area (Å²) in [6.07, 6.45) is 1.85. The molecule has 5 nitrogen and oxygen atoms in total. The predicted octanol–water partition coefficient (Wildman–Crippen LogP) is 1.38. The Bertz CT molecular complexity index is 728. The summed E-state index contributed by atoms with van der Waals surface area (Å²) in [6.45, 7) is 0.709. The average molecular weight is 273 g/mol. The third-order valence-electron chi connectivity index (χ3n) is 3.72. The first kappa shape index (κ1) is 12.7. The molecule has 0 radical (unpaired) electrons. The first-order valence-electron chi connectivity index (χ1n) is 6.49. The number of rotatable bonds is 3. The van der Waals surface area contributed by atoms with Crippen molar-refractivity contribution in [2.75, 3.05) is 25.7 Å². The third-order valence-corrected chi connectivity index (χ3v) is 3.72. The highest BCUT2D eigenvalue weighted by Crippen LogP contribution is 2.37. The molecule has 2 aromatic carbocycles. The van der Waals surface area contributed by atoms with Gasteiger partial charge >= 0.3 is 0 Å². The molecule has 0 aromatic heterocycles. The van der Waals surface area contributed by atoms with Crippen LogP contribution in [-0.4, -0.2) is 20.8 Å². The minimum absolute atomic E-state index is 0.165. The fourth-order valence-corrected chi connectivity index (χ4v) is 2.73. The minimum Gasteiger partial charge on any atom is -0.497 e. The first-order valence-corrected chi connectivity index (χ1v) is 6.49. The van der Waals surface area contributed by atoms with Gasteiger partial charge in [0.2, 0.25) is 0 Å². The number of hydrogen-bond donors (Lipinski definition) is 0. The van der Waals surface area contributed by atoms with Crippen LogP contribution in [0.5, 0.6) is 11.5 Å². The van der Waals surface area contributed by atoms with E-state index in [1.807, 2.05) is 23.1 Å². The highest BCUT2D eigenvalue weighted by atomic mass is 16.5. The molecule has 0 bridgehead atoms. The van der Waals surface area contributed by atoms with E-state index in [1.54, 1.807) is 7.11 Å². The van der Waals surface area contributed by atoms with Crippen LogP contribution in [0.3, 0.4) is 0 Å². The number of nitrogens with zero attached hydrogens (tertiary/aromatic N) is 1. The number of anilines is 2. The Morgan fingerprint density at radius 2 is 1.90 bits per heavy atom. The maximum atomic E-state index is 11.8.